The van der Waals surface area contributed by atoms with E-state index in [-0.39, 0.29) is 11.7 Å². The summed E-state index contributed by atoms with van der Waals surface area (Å²) >= 11 is 0. The number of primary amides is 1. The van der Waals surface area contributed by atoms with Crippen molar-refractivity contribution in [3.05, 3.63) is 18.0 Å². The van der Waals surface area contributed by atoms with Gasteiger partial charge in [-0.05, 0) is 19.4 Å². The highest BCUT2D eigenvalue weighted by Crippen LogP contribution is 1.99. The van der Waals surface area contributed by atoms with Crippen LogP contribution in [-0.4, -0.2) is 28.3 Å². The van der Waals surface area contributed by atoms with Crippen molar-refractivity contribution in [2.45, 2.75) is 26.3 Å². The molecule has 6 nitrogen and oxygen atoms in total. The first-order valence-corrected chi connectivity index (χ1v) is 5.12. The van der Waals surface area contributed by atoms with Gasteiger partial charge in [-0.15, -0.1) is 0 Å². The maximum atomic E-state index is 11.0. The predicted octanol–water partition coefficient (Wildman–Crippen LogP) is 0.325. The molecule has 0 aliphatic carbocycles. The highest BCUT2D eigenvalue weighted by molar-refractivity contribution is 5.90. The molecule has 0 aliphatic heterocycles. The highest BCUT2D eigenvalue weighted by Gasteiger charge is 2.05. The van der Waals surface area contributed by atoms with E-state index in [2.05, 4.69) is 5.10 Å². The number of rotatable bonds is 6. The third-order valence-corrected chi connectivity index (χ3v) is 1.97. The normalized spacial score (nSPS) is 10.1. The molecule has 0 spiro atoms. The molecule has 16 heavy (non-hydrogen) atoms. The molecule has 6 heteroatoms. The summed E-state index contributed by atoms with van der Waals surface area (Å²) < 4.78 is 6.36. The average Bonchev–Trinajstić information content (AvgIpc) is 2.67. The monoisotopic (exact) mass is 225 g/mol. The van der Waals surface area contributed by atoms with Gasteiger partial charge >= 0.3 is 5.97 Å². The Morgan fingerprint density at radius 1 is 1.56 bits per heavy atom. The first-order valence-electron chi connectivity index (χ1n) is 5.12. The fourth-order valence-corrected chi connectivity index (χ4v) is 1.24. The predicted molar refractivity (Wildman–Crippen MR) is 56.6 cm³/mol. The Balaban J connectivity index is 2.32. The van der Waals surface area contributed by atoms with Gasteiger partial charge in [-0.25, -0.2) is 0 Å². The first-order chi connectivity index (χ1) is 7.63. The molecule has 0 fully saturated rings. The number of amides is 1. The van der Waals surface area contributed by atoms with E-state index in [0.29, 0.717) is 26.0 Å². The first kappa shape index (κ1) is 12.2. The number of carbonyl (C=O) groups excluding carboxylic acids is 2. The Morgan fingerprint density at radius 3 is 2.88 bits per heavy atom. The molecule has 1 heterocycles. The molecule has 1 aromatic rings. The SMILES string of the molecule is CCOC(=O)CCCn1ccc(C(N)=O)n1. The summed E-state index contributed by atoms with van der Waals surface area (Å²) in [5.41, 5.74) is 5.29. The lowest BCUT2D eigenvalue weighted by molar-refractivity contribution is -0.143. The lowest BCUT2D eigenvalue weighted by atomic mass is 10.3. The Labute approximate surface area is 93.4 Å². The van der Waals surface area contributed by atoms with Crippen molar-refractivity contribution in [1.29, 1.82) is 0 Å². The fraction of sp³-hybridized carbons (Fsp3) is 0.500. The average molecular weight is 225 g/mol. The van der Waals surface area contributed by atoms with Gasteiger partial charge in [0, 0.05) is 19.2 Å². The molecule has 1 amide bonds. The lowest BCUT2D eigenvalue weighted by Gasteiger charge is -2.02. The van der Waals surface area contributed by atoms with Gasteiger partial charge in [-0.1, -0.05) is 0 Å². The molecule has 0 saturated carbocycles. The van der Waals surface area contributed by atoms with E-state index in [4.69, 9.17) is 10.5 Å². The quantitative estimate of drug-likeness (QED) is 0.706. The third kappa shape index (κ3) is 3.72. The number of aryl methyl sites for hydroxylation is 1. The van der Waals surface area contributed by atoms with Crippen LogP contribution in [0, 0.1) is 0 Å². The van der Waals surface area contributed by atoms with Crippen LogP contribution in [0.4, 0.5) is 0 Å². The van der Waals surface area contributed by atoms with Gasteiger partial charge in [0.15, 0.2) is 0 Å². The second-order valence-corrected chi connectivity index (χ2v) is 3.24. The topological polar surface area (TPSA) is 87.2 Å². The number of carbonyl (C=O) groups is 2. The third-order valence-electron chi connectivity index (χ3n) is 1.97. The van der Waals surface area contributed by atoms with Crippen LogP contribution in [-0.2, 0) is 16.1 Å². The van der Waals surface area contributed by atoms with E-state index < -0.39 is 5.91 Å². The molecule has 0 aromatic carbocycles. The molecule has 2 N–H and O–H groups in total. The molecule has 0 bridgehead atoms. The Hall–Kier alpha value is -1.85. The van der Waals surface area contributed by atoms with Gasteiger partial charge < -0.3 is 10.5 Å². The summed E-state index contributed by atoms with van der Waals surface area (Å²) in [6.45, 7) is 2.73. The molecule has 0 saturated heterocycles. The van der Waals surface area contributed by atoms with E-state index >= 15 is 0 Å². The summed E-state index contributed by atoms with van der Waals surface area (Å²) in [7, 11) is 0. The van der Waals surface area contributed by atoms with Gasteiger partial charge in [-0.3, -0.25) is 14.3 Å². The van der Waals surface area contributed by atoms with Gasteiger partial charge in [-0.2, -0.15) is 5.10 Å². The number of ether oxygens (including phenoxy) is 1. The number of esters is 1. The smallest absolute Gasteiger partial charge is 0.305 e. The standard InChI is InChI=1S/C10H15N3O3/c1-2-16-9(14)4-3-6-13-7-5-8(12-13)10(11)15/h5,7H,2-4,6H2,1H3,(H2,11,15). The van der Waals surface area contributed by atoms with Crippen molar-refractivity contribution in [2.75, 3.05) is 6.61 Å². The van der Waals surface area contributed by atoms with Gasteiger partial charge in [0.05, 0.1) is 6.61 Å². The van der Waals surface area contributed by atoms with Gasteiger partial charge in [0.25, 0.3) is 5.91 Å². The summed E-state index contributed by atoms with van der Waals surface area (Å²) in [6.07, 6.45) is 2.63. The van der Waals surface area contributed by atoms with Crippen molar-refractivity contribution < 1.29 is 14.3 Å². The summed E-state index contributed by atoms with van der Waals surface area (Å²) in [5, 5.41) is 3.94. The minimum atomic E-state index is -0.552. The summed E-state index contributed by atoms with van der Waals surface area (Å²) in [5.74, 6) is -0.770. The Bertz CT molecular complexity index is 373. The van der Waals surface area contributed by atoms with Crippen LogP contribution in [0.2, 0.25) is 0 Å². The van der Waals surface area contributed by atoms with Crippen LogP contribution < -0.4 is 5.73 Å². The molecule has 0 unspecified atom stereocenters. The van der Waals surface area contributed by atoms with Crippen molar-refractivity contribution in [1.82, 2.24) is 9.78 Å². The van der Waals surface area contributed by atoms with Crippen molar-refractivity contribution in [2.24, 2.45) is 5.73 Å². The number of hydrogen-bond acceptors (Lipinski definition) is 4. The van der Waals surface area contributed by atoms with Crippen LogP contribution >= 0.6 is 0 Å². The maximum Gasteiger partial charge on any atom is 0.305 e. The van der Waals surface area contributed by atoms with E-state index in [1.165, 1.54) is 0 Å². The summed E-state index contributed by atoms with van der Waals surface area (Å²) in [4.78, 5) is 21.8. The summed E-state index contributed by atoms with van der Waals surface area (Å²) in [6, 6.07) is 1.55. The highest BCUT2D eigenvalue weighted by atomic mass is 16.5. The maximum absolute atomic E-state index is 11.0. The molecular weight excluding hydrogens is 210 g/mol. The van der Waals surface area contributed by atoms with E-state index in [1.54, 1.807) is 23.9 Å². The minimum absolute atomic E-state index is 0.218. The zero-order valence-electron chi connectivity index (χ0n) is 9.18. The molecule has 1 rings (SSSR count). The number of nitrogens with zero attached hydrogens (tertiary/aromatic N) is 2. The van der Waals surface area contributed by atoms with Gasteiger partial charge in [0.2, 0.25) is 0 Å². The van der Waals surface area contributed by atoms with Crippen molar-refractivity contribution in [3.8, 4) is 0 Å². The largest absolute Gasteiger partial charge is 0.466 e. The molecule has 0 aliphatic rings. The second kappa shape index (κ2) is 5.89. The second-order valence-electron chi connectivity index (χ2n) is 3.24. The fourth-order valence-electron chi connectivity index (χ4n) is 1.24. The Kier molecular flexibility index (Phi) is 4.50. The van der Waals surface area contributed by atoms with Gasteiger partial charge in [0.1, 0.15) is 5.69 Å². The molecule has 0 atom stereocenters. The van der Waals surface area contributed by atoms with Crippen LogP contribution in [0.1, 0.15) is 30.3 Å². The lowest BCUT2D eigenvalue weighted by Crippen LogP contribution is -2.13. The zero-order chi connectivity index (χ0) is 12.0. The van der Waals surface area contributed by atoms with Crippen LogP contribution in [0.5, 0.6) is 0 Å². The number of nitrogens with two attached hydrogens (primary N) is 1. The van der Waals surface area contributed by atoms with Crippen molar-refractivity contribution in [3.63, 3.8) is 0 Å². The van der Waals surface area contributed by atoms with E-state index in [0.717, 1.165) is 0 Å². The van der Waals surface area contributed by atoms with E-state index in [9.17, 15) is 9.59 Å². The molecule has 1 aromatic heterocycles. The van der Waals surface area contributed by atoms with Crippen LogP contribution in [0.15, 0.2) is 12.3 Å². The van der Waals surface area contributed by atoms with Crippen molar-refractivity contribution >= 4 is 11.9 Å². The zero-order valence-corrected chi connectivity index (χ0v) is 9.18. The number of hydrogen-bond donors (Lipinski definition) is 1. The van der Waals surface area contributed by atoms with E-state index in [1.807, 2.05) is 0 Å². The Morgan fingerprint density at radius 2 is 2.31 bits per heavy atom. The molecule has 0 radical (unpaired) electrons. The molecular formula is C10H15N3O3. The minimum Gasteiger partial charge on any atom is -0.466 e. The van der Waals surface area contributed by atoms with Crippen LogP contribution in [0.25, 0.3) is 0 Å². The number of aromatic nitrogens is 2. The van der Waals surface area contributed by atoms with Crippen LogP contribution in [0.3, 0.4) is 0 Å². The molecule has 88 valence electrons.